The van der Waals surface area contributed by atoms with E-state index in [0.717, 1.165) is 102 Å². The van der Waals surface area contributed by atoms with Gasteiger partial charge in [0.05, 0.1) is 26.4 Å². The number of hydrogen-bond donors (Lipinski definition) is 3. The monoisotopic (exact) mass is 1320 g/mol. The molecule has 0 rings (SSSR count). The minimum Gasteiger partial charge on any atom is -0.462 e. The second kappa shape index (κ2) is 63.1. The highest BCUT2D eigenvalue weighted by atomic mass is 31.2. The highest BCUT2D eigenvalue weighted by Gasteiger charge is 2.30. The molecule has 90 heavy (non-hydrogen) atoms. The number of carbonyl (C=O) groups excluding carboxylic acids is 4. The second-order valence-corrected chi connectivity index (χ2v) is 29.3. The molecule has 534 valence electrons. The van der Waals surface area contributed by atoms with Crippen LogP contribution in [0.4, 0.5) is 0 Å². The van der Waals surface area contributed by atoms with Crippen molar-refractivity contribution in [3.63, 3.8) is 0 Å². The van der Waals surface area contributed by atoms with Crippen molar-refractivity contribution in [3.8, 4) is 0 Å². The predicted molar refractivity (Wildman–Crippen MR) is 363 cm³/mol. The van der Waals surface area contributed by atoms with Crippen LogP contribution in [-0.2, 0) is 65.4 Å². The van der Waals surface area contributed by atoms with Gasteiger partial charge < -0.3 is 33.8 Å². The first-order chi connectivity index (χ1) is 43.4. The van der Waals surface area contributed by atoms with Gasteiger partial charge in [-0.2, -0.15) is 0 Å². The molecule has 0 aromatic heterocycles. The first-order valence-electron chi connectivity index (χ1n) is 37.0. The van der Waals surface area contributed by atoms with E-state index < -0.39 is 97.5 Å². The van der Waals surface area contributed by atoms with Gasteiger partial charge in [0.2, 0.25) is 0 Å². The van der Waals surface area contributed by atoms with E-state index in [0.29, 0.717) is 25.7 Å². The van der Waals surface area contributed by atoms with Gasteiger partial charge in [0.15, 0.2) is 12.2 Å². The Bertz CT molecular complexity index is 1750. The maximum Gasteiger partial charge on any atom is 0.472 e. The number of ether oxygens (including phenoxy) is 4. The average molecular weight is 1330 g/mol. The molecule has 0 aliphatic carbocycles. The smallest absolute Gasteiger partial charge is 0.462 e. The summed E-state index contributed by atoms with van der Waals surface area (Å²) in [4.78, 5) is 72.6. The van der Waals surface area contributed by atoms with Crippen LogP contribution in [0.5, 0.6) is 0 Å². The number of carbonyl (C=O) groups is 4. The Morgan fingerprint density at radius 1 is 0.322 bits per heavy atom. The van der Waals surface area contributed by atoms with Gasteiger partial charge in [-0.05, 0) is 37.5 Å². The van der Waals surface area contributed by atoms with Gasteiger partial charge in [-0.1, -0.05) is 311 Å². The van der Waals surface area contributed by atoms with E-state index in [9.17, 15) is 43.2 Å². The molecule has 19 heteroatoms. The Morgan fingerprint density at radius 3 is 0.844 bits per heavy atom. The molecule has 0 aliphatic rings. The lowest BCUT2D eigenvalue weighted by Gasteiger charge is -2.21. The molecule has 0 radical (unpaired) electrons. The topological polar surface area (TPSA) is 237 Å². The maximum absolute atomic E-state index is 13.0. The number of hydrogen-bond acceptors (Lipinski definition) is 15. The van der Waals surface area contributed by atoms with Gasteiger partial charge in [-0.25, -0.2) is 9.13 Å². The summed E-state index contributed by atoms with van der Waals surface area (Å²) in [6, 6.07) is 0. The molecule has 0 aromatic rings. The summed E-state index contributed by atoms with van der Waals surface area (Å²) in [5, 5.41) is 10.6. The second-order valence-electron chi connectivity index (χ2n) is 26.3. The lowest BCUT2D eigenvalue weighted by molar-refractivity contribution is -0.161. The van der Waals surface area contributed by atoms with Crippen molar-refractivity contribution in [2.75, 3.05) is 39.6 Å². The summed E-state index contributed by atoms with van der Waals surface area (Å²) >= 11 is 0. The summed E-state index contributed by atoms with van der Waals surface area (Å²) in [5.41, 5.74) is 0. The molecule has 0 saturated heterocycles. The normalized spacial score (nSPS) is 14.4. The van der Waals surface area contributed by atoms with Crippen molar-refractivity contribution in [1.82, 2.24) is 0 Å². The van der Waals surface area contributed by atoms with Crippen molar-refractivity contribution in [2.45, 2.75) is 381 Å². The van der Waals surface area contributed by atoms with Crippen molar-refractivity contribution in [1.29, 1.82) is 0 Å². The molecule has 3 unspecified atom stereocenters. The van der Waals surface area contributed by atoms with Crippen LogP contribution in [0.2, 0.25) is 0 Å². The lowest BCUT2D eigenvalue weighted by Crippen LogP contribution is -2.30. The SMILES string of the molecule is CCCCCCCCCCCCCCC(=O)O[C@H](COC(=O)CCCCCCCCCCCC)COP(=O)(O)OC[C@H](O)COP(=O)(O)OC[C@@H](COC(=O)CCCCCCCCCCC(C)CC)OC(=O)CCCCCCCCCCCCCCCC(C)C. The van der Waals surface area contributed by atoms with Crippen LogP contribution < -0.4 is 0 Å². The first kappa shape index (κ1) is 88.1. The van der Waals surface area contributed by atoms with Gasteiger partial charge in [-0.15, -0.1) is 0 Å². The number of phosphoric acid groups is 2. The Labute approximate surface area is 549 Å². The molecule has 0 aromatic carbocycles. The van der Waals surface area contributed by atoms with Crippen LogP contribution in [-0.4, -0.2) is 96.7 Å². The molecular weight excluding hydrogens is 1190 g/mol. The van der Waals surface area contributed by atoms with Gasteiger partial charge in [0, 0.05) is 25.7 Å². The molecule has 0 aliphatic heterocycles. The molecular formula is C71H138O17P2. The van der Waals surface area contributed by atoms with Crippen LogP contribution in [0, 0.1) is 11.8 Å². The van der Waals surface area contributed by atoms with Crippen molar-refractivity contribution >= 4 is 39.5 Å². The Kier molecular flexibility index (Phi) is 61.8. The van der Waals surface area contributed by atoms with Crippen molar-refractivity contribution in [2.24, 2.45) is 11.8 Å². The third kappa shape index (κ3) is 63.5. The van der Waals surface area contributed by atoms with E-state index in [-0.39, 0.29) is 25.7 Å². The number of aliphatic hydroxyl groups excluding tert-OH is 1. The van der Waals surface area contributed by atoms with Gasteiger partial charge >= 0.3 is 39.5 Å². The molecule has 0 fully saturated rings. The third-order valence-electron chi connectivity index (χ3n) is 16.8. The summed E-state index contributed by atoms with van der Waals surface area (Å²) in [7, 11) is -9.90. The van der Waals surface area contributed by atoms with E-state index in [1.807, 2.05) is 0 Å². The highest BCUT2D eigenvalue weighted by Crippen LogP contribution is 2.45. The molecule has 0 saturated carbocycles. The van der Waals surface area contributed by atoms with E-state index in [1.165, 1.54) is 180 Å². The fourth-order valence-electron chi connectivity index (χ4n) is 10.7. The molecule has 0 spiro atoms. The number of rotatable bonds is 70. The summed E-state index contributed by atoms with van der Waals surface area (Å²) < 4.78 is 68.3. The highest BCUT2D eigenvalue weighted by molar-refractivity contribution is 7.47. The largest absolute Gasteiger partial charge is 0.472 e. The standard InChI is InChI=1S/C71H138O17P2/c1-7-10-12-14-16-18-20-25-29-37-43-49-55-70(75)87-66(59-81-68(73)53-47-41-35-28-19-17-15-13-11-8-2)61-85-89(77,78)83-57-65(72)58-84-90(79,80)86-62-67(60-82-69(74)54-48-42-36-32-31-34-40-46-52-64(6)9-3)88-71(76)56-50-44-38-30-26-23-21-22-24-27-33-39-45-51-63(4)5/h63-67,72H,7-62H2,1-6H3,(H,77,78)(H,79,80)/t64?,65-,66+,67+/m0/s1. The molecule has 3 N–H and O–H groups in total. The fraction of sp³-hybridized carbons (Fsp3) is 0.944. The minimum absolute atomic E-state index is 0.107. The molecule has 0 heterocycles. The quantitative estimate of drug-likeness (QED) is 0.0222. The number of esters is 4. The van der Waals surface area contributed by atoms with Gasteiger partial charge in [0.25, 0.3) is 0 Å². The van der Waals surface area contributed by atoms with Crippen LogP contribution in [0.25, 0.3) is 0 Å². The van der Waals surface area contributed by atoms with Crippen molar-refractivity contribution < 1.29 is 80.2 Å². The lowest BCUT2D eigenvalue weighted by atomic mass is 9.99. The number of aliphatic hydroxyl groups is 1. The van der Waals surface area contributed by atoms with E-state index in [2.05, 4.69) is 41.5 Å². The van der Waals surface area contributed by atoms with Gasteiger partial charge in [-0.3, -0.25) is 37.3 Å². The molecule has 0 bridgehead atoms. The van der Waals surface area contributed by atoms with E-state index in [1.54, 1.807) is 0 Å². The Balaban J connectivity index is 5.25. The van der Waals surface area contributed by atoms with E-state index >= 15 is 0 Å². The molecule has 17 nitrogen and oxygen atoms in total. The maximum atomic E-state index is 13.0. The van der Waals surface area contributed by atoms with Crippen LogP contribution in [0.15, 0.2) is 0 Å². The first-order valence-corrected chi connectivity index (χ1v) is 40.0. The van der Waals surface area contributed by atoms with Crippen molar-refractivity contribution in [3.05, 3.63) is 0 Å². The van der Waals surface area contributed by atoms with Crippen LogP contribution in [0.3, 0.4) is 0 Å². The van der Waals surface area contributed by atoms with Crippen LogP contribution >= 0.6 is 15.6 Å². The molecule has 6 atom stereocenters. The summed E-state index contributed by atoms with van der Waals surface area (Å²) in [5.74, 6) is -0.558. The van der Waals surface area contributed by atoms with Gasteiger partial charge in [0.1, 0.15) is 19.3 Å². The Morgan fingerprint density at radius 2 is 0.567 bits per heavy atom. The zero-order chi connectivity index (χ0) is 66.5. The number of unbranched alkanes of at least 4 members (excludes halogenated alkanes) is 39. The van der Waals surface area contributed by atoms with Crippen LogP contribution in [0.1, 0.15) is 363 Å². The average Bonchev–Trinajstić information content (AvgIpc) is 3.32. The summed E-state index contributed by atoms with van der Waals surface area (Å²) in [6.45, 7) is 9.57. The summed E-state index contributed by atoms with van der Waals surface area (Å²) in [6.07, 6.45) is 48.4. The third-order valence-corrected chi connectivity index (χ3v) is 18.7. The zero-order valence-electron chi connectivity index (χ0n) is 58.4. The zero-order valence-corrected chi connectivity index (χ0v) is 60.2. The number of phosphoric ester groups is 2. The molecule has 0 amide bonds. The van der Waals surface area contributed by atoms with E-state index in [4.69, 9.17) is 37.0 Å². The minimum atomic E-state index is -4.95. The predicted octanol–water partition coefficient (Wildman–Crippen LogP) is 20.4. The fourth-order valence-corrected chi connectivity index (χ4v) is 12.3. The Hall–Kier alpha value is -1.94.